The molecule has 6 aliphatic rings. The van der Waals surface area contributed by atoms with E-state index in [1.807, 2.05) is 36.7 Å². The van der Waals surface area contributed by atoms with E-state index >= 15 is 0 Å². The van der Waals surface area contributed by atoms with E-state index in [9.17, 15) is 10.2 Å². The fourth-order valence-corrected chi connectivity index (χ4v) is 13.2. The first-order valence-corrected chi connectivity index (χ1v) is 22.3. The number of pyridine rings is 2. The van der Waals surface area contributed by atoms with Gasteiger partial charge in [0, 0.05) is 71.8 Å². The molecule has 2 N–H and O–H groups in total. The Bertz CT molecular complexity index is 2560. The molecule has 8 heterocycles. The highest BCUT2D eigenvalue weighted by atomic mass is 35.5. The van der Waals surface area contributed by atoms with E-state index in [1.54, 1.807) is 0 Å². The van der Waals surface area contributed by atoms with E-state index < -0.39 is 12.2 Å². The highest BCUT2D eigenvalue weighted by Crippen LogP contribution is 2.52. The molecule has 13 rings (SSSR count). The minimum absolute atomic E-state index is 0. The summed E-state index contributed by atoms with van der Waals surface area (Å²) in [5, 5.41) is 32.6. The number of fused-ring (bicyclic) bond motifs is 10. The third-order valence-corrected chi connectivity index (χ3v) is 16.2. The Morgan fingerprint density at radius 1 is 0.532 bits per heavy atom. The molecule has 2 aromatic heterocycles. The molecule has 0 spiro atoms. The normalized spacial score (nSPS) is 28.6. The number of rotatable bonds is 10. The SMILES string of the molecule is C=C[C@H]1C[N+]2(Cc3c4ccccc4c(C[N+]45CC[C@@H](C[C@H]4[C@H](O)c4ccnc6ccccc46)[C@@H](C=C)C5)c4ccccc34)CC[C@H]1C[C@H]2[C@H](O)c1ccnc2ccccc12.[Cl-].[Cl-]. The van der Waals surface area contributed by atoms with Crippen LogP contribution < -0.4 is 24.8 Å². The van der Waals surface area contributed by atoms with Crippen LogP contribution in [0.25, 0.3) is 43.4 Å². The van der Waals surface area contributed by atoms with Gasteiger partial charge in [-0.25, -0.2) is 0 Å². The number of hydrogen-bond donors (Lipinski definition) is 2. The molecular formula is C54H56Cl2N4O2. The van der Waals surface area contributed by atoms with Crippen molar-refractivity contribution in [1.82, 2.24) is 9.97 Å². The van der Waals surface area contributed by atoms with E-state index in [0.717, 1.165) is 107 Å². The van der Waals surface area contributed by atoms with Crippen LogP contribution in [-0.2, 0) is 13.1 Å². The number of quaternary nitrogens is 2. The first-order valence-electron chi connectivity index (χ1n) is 22.3. The number of hydrogen-bond acceptors (Lipinski definition) is 4. The van der Waals surface area contributed by atoms with Crippen LogP contribution in [0.4, 0.5) is 0 Å². The van der Waals surface area contributed by atoms with Crippen LogP contribution in [0.2, 0.25) is 0 Å². The fourth-order valence-electron chi connectivity index (χ4n) is 13.2. The van der Waals surface area contributed by atoms with Crippen molar-refractivity contribution in [3.63, 3.8) is 0 Å². The van der Waals surface area contributed by atoms with E-state index in [4.69, 9.17) is 0 Å². The summed E-state index contributed by atoms with van der Waals surface area (Å²) in [7, 11) is 0. The summed E-state index contributed by atoms with van der Waals surface area (Å²) in [5.41, 5.74) is 6.60. The van der Waals surface area contributed by atoms with Gasteiger partial charge >= 0.3 is 0 Å². The van der Waals surface area contributed by atoms with Crippen LogP contribution in [0.1, 0.15) is 60.1 Å². The standard InChI is InChI=1S/C54H56N4O2.2ClH/c1-3-35-31-57(27-23-37(35)29-51(57)53(59)45-21-25-55-49-19-11-9-17-43(45)49)33-47-39-13-5-7-15-41(39)48(42-16-8-6-14-40(42)47)34-58-28-24-38(36(4-2)32-58)30-52(58)54(60)46-22-26-56-50-20-12-10-18-44(46)50;;/h3-22,25-26,35-38,51-54,59-60H,1-2,23-24,27-34H2;2*1H/q+2;;/p-2/t35-,36-,37-,38-,51-,52-,53+,54+,57?,58?;;/m0../s1. The minimum Gasteiger partial charge on any atom is -1.00 e. The second-order valence-corrected chi connectivity index (χ2v) is 18.8. The van der Waals surface area contributed by atoms with Gasteiger partial charge in [-0.2, -0.15) is 0 Å². The molecule has 8 heteroatoms. The van der Waals surface area contributed by atoms with Crippen molar-refractivity contribution >= 4 is 43.4 Å². The molecule has 318 valence electrons. The first-order chi connectivity index (χ1) is 29.4. The molecule has 6 aliphatic heterocycles. The third-order valence-electron chi connectivity index (χ3n) is 16.2. The Labute approximate surface area is 377 Å². The van der Waals surface area contributed by atoms with Crippen molar-refractivity contribution in [2.24, 2.45) is 23.7 Å². The maximum Gasteiger partial charge on any atom is 0.131 e. The topological polar surface area (TPSA) is 66.2 Å². The molecule has 2 unspecified atom stereocenters. The fraction of sp³-hybridized carbons (Fsp3) is 0.333. The van der Waals surface area contributed by atoms with Crippen molar-refractivity contribution in [2.45, 2.75) is 63.1 Å². The maximum absolute atomic E-state index is 12.6. The van der Waals surface area contributed by atoms with Gasteiger partial charge < -0.3 is 44.0 Å². The van der Waals surface area contributed by atoms with Crippen LogP contribution in [0.5, 0.6) is 0 Å². The molecule has 6 saturated heterocycles. The number of aromatic nitrogens is 2. The van der Waals surface area contributed by atoms with Crippen molar-refractivity contribution in [3.05, 3.63) is 169 Å². The Morgan fingerprint density at radius 2 is 0.887 bits per heavy atom. The van der Waals surface area contributed by atoms with E-state index in [-0.39, 0.29) is 36.9 Å². The maximum atomic E-state index is 12.6. The minimum atomic E-state index is -0.611. The Balaban J connectivity index is 0.00000245. The Kier molecular flexibility index (Phi) is 11.6. The molecule has 4 bridgehead atoms. The largest absolute Gasteiger partial charge is 1.00 e. The van der Waals surface area contributed by atoms with E-state index in [0.29, 0.717) is 23.7 Å². The van der Waals surface area contributed by atoms with Crippen molar-refractivity contribution < 1.29 is 44.0 Å². The number of aliphatic hydroxyl groups is 2. The van der Waals surface area contributed by atoms with Gasteiger partial charge in [-0.15, -0.1) is 13.2 Å². The molecule has 0 aliphatic carbocycles. The lowest BCUT2D eigenvalue weighted by Gasteiger charge is -2.58. The molecule has 0 amide bonds. The highest BCUT2D eigenvalue weighted by Gasteiger charge is 2.56. The zero-order chi connectivity index (χ0) is 40.6. The number of aliphatic hydroxyl groups excluding tert-OH is 2. The predicted molar refractivity (Wildman–Crippen MR) is 243 cm³/mol. The van der Waals surface area contributed by atoms with Gasteiger partial charge in [-0.05, 0) is 68.8 Å². The lowest BCUT2D eigenvalue weighted by molar-refractivity contribution is -0.984. The van der Waals surface area contributed by atoms with Gasteiger partial charge in [0.25, 0.3) is 0 Å². The molecule has 0 radical (unpaired) electrons. The molecule has 5 aromatic carbocycles. The summed E-state index contributed by atoms with van der Waals surface area (Å²) in [4.78, 5) is 9.32. The summed E-state index contributed by atoms with van der Waals surface area (Å²) in [6.45, 7) is 14.4. The van der Waals surface area contributed by atoms with Crippen molar-refractivity contribution in [2.75, 3.05) is 26.2 Å². The number of para-hydroxylation sites is 2. The van der Waals surface area contributed by atoms with Gasteiger partial charge in [0.05, 0.1) is 37.2 Å². The lowest BCUT2D eigenvalue weighted by Crippen LogP contribution is -3.00. The summed E-state index contributed by atoms with van der Waals surface area (Å²) in [6.07, 6.45) is 11.2. The number of halogens is 2. The van der Waals surface area contributed by atoms with E-state index in [1.165, 1.54) is 32.7 Å². The summed E-state index contributed by atoms with van der Waals surface area (Å²) < 4.78 is 1.68. The molecule has 0 saturated carbocycles. The second-order valence-electron chi connectivity index (χ2n) is 18.8. The smallest absolute Gasteiger partial charge is 0.131 e. The summed E-state index contributed by atoms with van der Waals surface area (Å²) in [6, 6.07) is 39.0. The number of benzene rings is 5. The summed E-state index contributed by atoms with van der Waals surface area (Å²) >= 11 is 0. The zero-order valence-electron chi connectivity index (χ0n) is 35.2. The number of nitrogens with zero attached hydrogens (tertiary/aromatic N) is 4. The van der Waals surface area contributed by atoms with Gasteiger partial charge in [-0.1, -0.05) is 97.1 Å². The Hall–Kier alpha value is -4.66. The van der Waals surface area contributed by atoms with Crippen LogP contribution in [0.15, 0.2) is 147 Å². The van der Waals surface area contributed by atoms with Gasteiger partial charge in [-0.3, -0.25) is 9.97 Å². The average Bonchev–Trinajstić information content (AvgIpc) is 3.31. The quantitative estimate of drug-likeness (QED) is 0.122. The van der Waals surface area contributed by atoms with Crippen LogP contribution >= 0.6 is 0 Å². The van der Waals surface area contributed by atoms with Crippen LogP contribution in [-0.4, -0.2) is 67.4 Å². The van der Waals surface area contributed by atoms with Crippen molar-refractivity contribution in [1.29, 1.82) is 0 Å². The monoisotopic (exact) mass is 862 g/mol. The first kappa shape index (κ1) is 42.6. The molecule has 10 atom stereocenters. The van der Waals surface area contributed by atoms with Gasteiger partial charge in [0.1, 0.15) is 37.4 Å². The molecule has 6 fully saturated rings. The predicted octanol–water partition coefficient (Wildman–Crippen LogP) is 4.39. The average molecular weight is 864 g/mol. The Morgan fingerprint density at radius 3 is 1.26 bits per heavy atom. The molecule has 6 nitrogen and oxygen atoms in total. The molecular weight excluding hydrogens is 808 g/mol. The van der Waals surface area contributed by atoms with Crippen molar-refractivity contribution in [3.8, 4) is 0 Å². The van der Waals surface area contributed by atoms with Gasteiger partial charge in [0.2, 0.25) is 0 Å². The highest BCUT2D eigenvalue weighted by molar-refractivity contribution is 6.05. The number of piperidine rings is 6. The molecule has 7 aromatic rings. The van der Waals surface area contributed by atoms with Crippen LogP contribution in [0, 0.1) is 23.7 Å². The van der Waals surface area contributed by atoms with Crippen LogP contribution in [0.3, 0.4) is 0 Å². The lowest BCUT2D eigenvalue weighted by atomic mass is 9.70. The van der Waals surface area contributed by atoms with E-state index in [2.05, 4.69) is 120 Å². The molecule has 62 heavy (non-hydrogen) atoms. The zero-order valence-corrected chi connectivity index (χ0v) is 36.8. The van der Waals surface area contributed by atoms with Gasteiger partial charge in [0.15, 0.2) is 0 Å². The second kappa shape index (κ2) is 16.8. The third kappa shape index (κ3) is 6.77. The summed E-state index contributed by atoms with van der Waals surface area (Å²) in [5.74, 6) is 1.90.